The molecule has 8 nitrogen and oxygen atoms in total. The van der Waals surface area contributed by atoms with Crippen molar-refractivity contribution in [1.82, 2.24) is 9.99 Å². The van der Waals surface area contributed by atoms with Crippen LogP contribution < -0.4 is 17.3 Å². The van der Waals surface area contributed by atoms with Crippen LogP contribution in [0.5, 0.6) is 0 Å². The Morgan fingerprint density at radius 1 is 1.40 bits per heavy atom. The van der Waals surface area contributed by atoms with Gasteiger partial charge in [-0.15, -0.1) is 11.3 Å². The zero-order chi connectivity index (χ0) is 21.7. The minimum absolute atomic E-state index is 0.201. The topological polar surface area (TPSA) is 122 Å². The van der Waals surface area contributed by atoms with E-state index in [9.17, 15) is 0 Å². The fraction of sp³-hybridized carbons (Fsp3) is 0.389. The monoisotopic (exact) mass is 491 g/mol. The van der Waals surface area contributed by atoms with Crippen LogP contribution in [0.15, 0.2) is 40.9 Å². The molecule has 30 heavy (non-hydrogen) atoms. The van der Waals surface area contributed by atoms with Crippen LogP contribution in [0.4, 0.5) is 0 Å². The van der Waals surface area contributed by atoms with Crippen LogP contribution in [0.1, 0.15) is 5.01 Å². The average molecular weight is 492 g/mol. The van der Waals surface area contributed by atoms with Gasteiger partial charge in [0.25, 0.3) is 0 Å². The van der Waals surface area contributed by atoms with Crippen LogP contribution in [-0.2, 0) is 14.2 Å². The molecular weight excluding hydrogens is 469 g/mol. The molecule has 1 aromatic heterocycles. The summed E-state index contributed by atoms with van der Waals surface area (Å²) in [6, 6.07) is 4.79. The van der Waals surface area contributed by atoms with Gasteiger partial charge >= 0.3 is 0 Å². The molecule has 2 aromatic rings. The third-order valence-corrected chi connectivity index (χ3v) is 6.99. The summed E-state index contributed by atoms with van der Waals surface area (Å²) in [6.07, 6.45) is 2.12. The maximum Gasteiger partial charge on any atom is 0.140 e. The highest BCUT2D eigenvalue weighted by Gasteiger charge is 2.37. The van der Waals surface area contributed by atoms with Crippen LogP contribution in [-0.4, -0.2) is 54.1 Å². The van der Waals surface area contributed by atoms with E-state index in [0.29, 0.717) is 20.7 Å². The van der Waals surface area contributed by atoms with Crippen LogP contribution in [0, 0.1) is 0 Å². The maximum atomic E-state index is 6.34. The summed E-state index contributed by atoms with van der Waals surface area (Å²) >= 11 is 15.3. The van der Waals surface area contributed by atoms with Gasteiger partial charge in [-0.1, -0.05) is 35.0 Å². The quantitative estimate of drug-likeness (QED) is 0.413. The number of halogens is 2. The van der Waals surface area contributed by atoms with E-state index in [1.807, 2.05) is 5.38 Å². The van der Waals surface area contributed by atoms with Gasteiger partial charge in [0.15, 0.2) is 0 Å². The molecule has 164 valence electrons. The lowest BCUT2D eigenvalue weighted by Crippen LogP contribution is -2.56. The first-order valence-electron chi connectivity index (χ1n) is 8.92. The third-order valence-electron chi connectivity index (χ3n) is 4.29. The first-order chi connectivity index (χ1) is 14.4. The summed E-state index contributed by atoms with van der Waals surface area (Å²) in [6.45, 7) is 0.459. The van der Waals surface area contributed by atoms with Crippen molar-refractivity contribution < 1.29 is 14.2 Å². The predicted octanol–water partition coefficient (Wildman–Crippen LogP) is 2.72. The van der Waals surface area contributed by atoms with Gasteiger partial charge in [-0.3, -0.25) is 0 Å². The minimum Gasteiger partial charge on any atom is -0.395 e. The van der Waals surface area contributed by atoms with E-state index in [1.165, 1.54) is 28.1 Å². The molecule has 1 aliphatic heterocycles. The zero-order valence-corrected chi connectivity index (χ0v) is 19.3. The number of thiazole rings is 1. The molecule has 1 aliphatic rings. The minimum atomic E-state index is -0.638. The number of rotatable bonds is 6. The number of nitrogens with two attached hydrogens (primary N) is 3. The van der Waals surface area contributed by atoms with E-state index >= 15 is 0 Å². The normalized spacial score (nSPS) is 25.6. The molecule has 0 radical (unpaired) electrons. The Balaban J connectivity index is 1.86. The van der Waals surface area contributed by atoms with Crippen LogP contribution in [0.25, 0.3) is 5.70 Å². The molecule has 0 saturated carbocycles. The molecule has 0 spiro atoms. The second-order valence-electron chi connectivity index (χ2n) is 6.41. The highest BCUT2D eigenvalue weighted by Crippen LogP contribution is 2.37. The number of hydrazine groups is 1. The fourth-order valence-corrected chi connectivity index (χ4v) is 5.16. The lowest BCUT2D eigenvalue weighted by atomic mass is 10.1. The number of hydrogen-bond acceptors (Lipinski definition) is 10. The number of nitrogens with zero attached hydrogens (tertiary/aromatic N) is 2. The summed E-state index contributed by atoms with van der Waals surface area (Å²) in [5.74, 6) is 6.34. The largest absolute Gasteiger partial charge is 0.395 e. The van der Waals surface area contributed by atoms with Crippen molar-refractivity contribution in [2.75, 3.05) is 20.3 Å². The average Bonchev–Trinajstić information content (AvgIpc) is 3.23. The number of ether oxygens (including phenoxy) is 3. The van der Waals surface area contributed by atoms with Crippen molar-refractivity contribution in [3.63, 3.8) is 0 Å². The van der Waals surface area contributed by atoms with Crippen molar-refractivity contribution in [3.8, 4) is 0 Å². The van der Waals surface area contributed by atoms with E-state index in [2.05, 4.69) is 4.98 Å². The Labute approximate surface area is 193 Å². The van der Waals surface area contributed by atoms with Gasteiger partial charge in [0.1, 0.15) is 22.8 Å². The second-order valence-corrected chi connectivity index (χ2v) is 9.29. The first-order valence-corrected chi connectivity index (χ1v) is 11.4. The Hall–Kier alpha value is -1.08. The summed E-state index contributed by atoms with van der Waals surface area (Å²) in [7, 11) is 1.57. The molecule has 4 atom stereocenters. The van der Waals surface area contributed by atoms with Crippen molar-refractivity contribution in [1.29, 1.82) is 0 Å². The smallest absolute Gasteiger partial charge is 0.140 e. The van der Waals surface area contributed by atoms with Crippen molar-refractivity contribution in [2.45, 2.75) is 28.7 Å². The van der Waals surface area contributed by atoms with E-state index in [0.717, 1.165) is 4.90 Å². The molecule has 6 N–H and O–H groups in total. The second kappa shape index (κ2) is 11.0. The van der Waals surface area contributed by atoms with E-state index < -0.39 is 23.8 Å². The van der Waals surface area contributed by atoms with Crippen LogP contribution in [0.2, 0.25) is 10.0 Å². The summed E-state index contributed by atoms with van der Waals surface area (Å²) in [4.78, 5) is 4.93. The Morgan fingerprint density at radius 3 is 2.90 bits per heavy atom. The van der Waals surface area contributed by atoms with Crippen molar-refractivity contribution in [2.24, 2.45) is 17.3 Å². The molecule has 1 fully saturated rings. The molecule has 0 aliphatic carbocycles. The molecule has 0 bridgehead atoms. The van der Waals surface area contributed by atoms with E-state index in [1.54, 1.807) is 37.7 Å². The van der Waals surface area contributed by atoms with Crippen LogP contribution in [0.3, 0.4) is 0 Å². The highest BCUT2D eigenvalue weighted by atomic mass is 35.5. The molecule has 2 heterocycles. The molecule has 1 saturated heterocycles. The Morgan fingerprint density at radius 2 is 2.20 bits per heavy atom. The summed E-state index contributed by atoms with van der Waals surface area (Å²) < 4.78 is 17.4. The molecular formula is C18H23Cl2N5O3S2. The molecule has 1 aromatic carbocycles. The Kier molecular flexibility index (Phi) is 8.63. The zero-order valence-electron chi connectivity index (χ0n) is 16.1. The number of benzene rings is 1. The number of aromatic nitrogens is 1. The van der Waals surface area contributed by atoms with Crippen molar-refractivity contribution >= 4 is 52.0 Å². The molecule has 0 amide bonds. The lowest BCUT2D eigenvalue weighted by molar-refractivity contribution is -0.131. The lowest BCUT2D eigenvalue weighted by Gasteiger charge is -2.39. The number of hydrogen-bond donors (Lipinski definition) is 3. The number of methoxy groups -OCH3 is 1. The summed E-state index contributed by atoms with van der Waals surface area (Å²) in [5.41, 5.74) is 12.1. The number of thioether (sulfide) groups is 1. The highest BCUT2D eigenvalue weighted by molar-refractivity contribution is 8.00. The Bertz CT molecular complexity index is 858. The maximum absolute atomic E-state index is 6.34. The van der Waals surface area contributed by atoms with Gasteiger partial charge in [0.05, 0.1) is 30.0 Å². The van der Waals surface area contributed by atoms with Gasteiger partial charge < -0.3 is 30.7 Å². The third kappa shape index (κ3) is 6.00. The SMILES string of the molecule is COC1C(Sc2cc(Cl)ccc2Cl)OC(N)COC[C@H]1N(N)/C=C(\N)c1nccs1. The predicted molar refractivity (Wildman–Crippen MR) is 121 cm³/mol. The standard InChI is InChI=1S/C18H23Cl2N5O3S2/c1-26-16-13(25(23)7-12(21)17-24-4-5-29-17)8-27-9-15(22)28-18(16)30-14-6-10(19)2-3-11(14)20/h2-7,13,15-16,18H,8-9,21-23H2,1H3/b12-7-/t13-,15?,16?,18?/m1/s1. The molecule has 3 unspecified atom stereocenters. The van der Waals surface area contributed by atoms with E-state index in [-0.39, 0.29) is 13.2 Å². The van der Waals surface area contributed by atoms with Gasteiger partial charge in [0.2, 0.25) is 0 Å². The van der Waals surface area contributed by atoms with Gasteiger partial charge in [-0.05, 0) is 18.2 Å². The van der Waals surface area contributed by atoms with Gasteiger partial charge in [0, 0.05) is 34.8 Å². The molecule has 3 rings (SSSR count). The van der Waals surface area contributed by atoms with Gasteiger partial charge in [-0.25, -0.2) is 10.8 Å². The first kappa shape index (κ1) is 23.6. The van der Waals surface area contributed by atoms with E-state index in [4.69, 9.17) is 54.7 Å². The van der Waals surface area contributed by atoms with Crippen LogP contribution >= 0.6 is 46.3 Å². The fourth-order valence-electron chi connectivity index (χ4n) is 2.86. The van der Waals surface area contributed by atoms with Gasteiger partial charge in [-0.2, -0.15) is 0 Å². The van der Waals surface area contributed by atoms with Crippen molar-refractivity contribution in [3.05, 3.63) is 51.0 Å². The summed E-state index contributed by atoms with van der Waals surface area (Å²) in [5, 5.41) is 5.07. The molecule has 12 heteroatoms.